The number of piperidine rings is 1. The Morgan fingerprint density at radius 3 is 2.68 bits per heavy atom. The van der Waals surface area contributed by atoms with Crippen molar-refractivity contribution in [3.8, 4) is 0 Å². The largest absolute Gasteiger partial charge is 0.394 e. The SMILES string of the molecule is Cc1nn(C(F)F)c(C)c1CC(=O)N1CCCC(C)C1CO. The number of nitrogens with zero attached hydrogens (tertiary/aromatic N) is 3. The Balaban J connectivity index is 2.18. The summed E-state index contributed by atoms with van der Waals surface area (Å²) in [5, 5.41) is 13.3. The van der Waals surface area contributed by atoms with E-state index in [2.05, 4.69) is 5.10 Å². The second-order valence-electron chi connectivity index (χ2n) is 6.00. The van der Waals surface area contributed by atoms with Crippen LogP contribution in [0.5, 0.6) is 0 Å². The minimum absolute atomic E-state index is 0.0492. The van der Waals surface area contributed by atoms with Crippen molar-refractivity contribution in [2.45, 2.75) is 52.6 Å². The van der Waals surface area contributed by atoms with E-state index in [-0.39, 0.29) is 30.9 Å². The quantitative estimate of drug-likeness (QED) is 0.925. The molecule has 1 aromatic heterocycles. The number of halogens is 2. The number of alkyl halides is 2. The molecule has 1 N–H and O–H groups in total. The maximum atomic E-state index is 12.9. The number of aryl methyl sites for hydroxylation is 1. The minimum atomic E-state index is -2.71. The molecule has 2 unspecified atom stereocenters. The van der Waals surface area contributed by atoms with Crippen molar-refractivity contribution < 1.29 is 18.7 Å². The minimum Gasteiger partial charge on any atom is -0.394 e. The van der Waals surface area contributed by atoms with Gasteiger partial charge in [-0.05, 0) is 32.6 Å². The number of hydrogen-bond acceptors (Lipinski definition) is 3. The van der Waals surface area contributed by atoms with E-state index >= 15 is 0 Å². The maximum absolute atomic E-state index is 12.9. The molecule has 0 aliphatic carbocycles. The first-order valence-electron chi connectivity index (χ1n) is 7.59. The first kappa shape index (κ1) is 16.9. The van der Waals surface area contributed by atoms with E-state index < -0.39 is 6.55 Å². The van der Waals surface area contributed by atoms with Gasteiger partial charge in [0.2, 0.25) is 5.91 Å². The molecular formula is C15H23F2N3O2. The van der Waals surface area contributed by atoms with Crippen molar-refractivity contribution in [2.24, 2.45) is 5.92 Å². The Morgan fingerprint density at radius 1 is 1.45 bits per heavy atom. The number of aliphatic hydroxyl groups is 1. The number of amides is 1. The molecule has 1 saturated heterocycles. The van der Waals surface area contributed by atoms with Crippen LogP contribution in [0.15, 0.2) is 0 Å². The van der Waals surface area contributed by atoms with E-state index in [1.54, 1.807) is 18.7 Å². The van der Waals surface area contributed by atoms with E-state index in [9.17, 15) is 18.7 Å². The summed E-state index contributed by atoms with van der Waals surface area (Å²) in [6.07, 6.45) is 1.93. The average molecular weight is 315 g/mol. The lowest BCUT2D eigenvalue weighted by atomic mass is 9.90. The molecule has 7 heteroatoms. The molecule has 2 heterocycles. The lowest BCUT2D eigenvalue weighted by Gasteiger charge is -2.39. The molecule has 0 bridgehead atoms. The molecule has 1 aliphatic rings. The average Bonchev–Trinajstić information content (AvgIpc) is 2.75. The zero-order valence-corrected chi connectivity index (χ0v) is 13.2. The number of aliphatic hydroxyl groups excluding tert-OH is 1. The summed E-state index contributed by atoms with van der Waals surface area (Å²) in [4.78, 5) is 14.2. The first-order chi connectivity index (χ1) is 10.4. The second kappa shape index (κ2) is 6.73. The van der Waals surface area contributed by atoms with E-state index in [1.165, 1.54) is 0 Å². The Kier molecular flexibility index (Phi) is 5.16. The highest BCUT2D eigenvalue weighted by atomic mass is 19.3. The molecule has 124 valence electrons. The maximum Gasteiger partial charge on any atom is 0.333 e. The zero-order valence-electron chi connectivity index (χ0n) is 13.2. The van der Waals surface area contributed by atoms with Crippen molar-refractivity contribution in [3.05, 3.63) is 17.0 Å². The van der Waals surface area contributed by atoms with Crippen molar-refractivity contribution in [2.75, 3.05) is 13.2 Å². The predicted molar refractivity (Wildman–Crippen MR) is 77.6 cm³/mol. The third-order valence-electron chi connectivity index (χ3n) is 4.61. The van der Waals surface area contributed by atoms with Gasteiger partial charge >= 0.3 is 6.55 Å². The van der Waals surface area contributed by atoms with Gasteiger partial charge in [0.25, 0.3) is 0 Å². The number of carbonyl (C=O) groups is 1. The van der Waals surface area contributed by atoms with Crippen LogP contribution in [-0.2, 0) is 11.2 Å². The lowest BCUT2D eigenvalue weighted by molar-refractivity contribution is -0.136. The topological polar surface area (TPSA) is 58.4 Å². The normalized spacial score (nSPS) is 22.4. The number of hydrogen-bond donors (Lipinski definition) is 1. The van der Waals surface area contributed by atoms with Gasteiger partial charge in [-0.25, -0.2) is 4.68 Å². The van der Waals surface area contributed by atoms with Crippen LogP contribution in [0.4, 0.5) is 8.78 Å². The fourth-order valence-corrected chi connectivity index (χ4v) is 3.23. The summed E-state index contributed by atoms with van der Waals surface area (Å²) in [5.74, 6) is 0.110. The van der Waals surface area contributed by atoms with Crippen LogP contribution in [0, 0.1) is 19.8 Å². The van der Waals surface area contributed by atoms with Crippen LogP contribution in [-0.4, -0.2) is 44.9 Å². The van der Waals surface area contributed by atoms with Crippen LogP contribution in [0.2, 0.25) is 0 Å². The van der Waals surface area contributed by atoms with Crippen molar-refractivity contribution >= 4 is 5.91 Å². The second-order valence-corrected chi connectivity index (χ2v) is 6.00. The molecule has 2 atom stereocenters. The molecule has 5 nitrogen and oxygen atoms in total. The molecule has 2 rings (SSSR count). The molecule has 0 spiro atoms. The van der Waals surface area contributed by atoms with E-state index in [1.807, 2.05) is 6.92 Å². The summed E-state index contributed by atoms with van der Waals surface area (Å²) in [6.45, 7) is 3.04. The van der Waals surface area contributed by atoms with Gasteiger partial charge in [-0.3, -0.25) is 4.79 Å². The van der Waals surface area contributed by atoms with Crippen molar-refractivity contribution in [3.63, 3.8) is 0 Å². The van der Waals surface area contributed by atoms with Crippen LogP contribution < -0.4 is 0 Å². The molecule has 22 heavy (non-hydrogen) atoms. The number of rotatable bonds is 4. The standard InChI is InChI=1S/C15H23F2N3O2/c1-9-5-4-6-19(13(9)8-21)14(22)7-12-10(2)18-20(11(12)3)15(16)17/h9,13,15,21H,4-8H2,1-3H3. The van der Waals surface area contributed by atoms with Crippen molar-refractivity contribution in [1.29, 1.82) is 0 Å². The predicted octanol–water partition coefficient (Wildman–Crippen LogP) is 2.06. The molecule has 1 amide bonds. The van der Waals surface area contributed by atoms with Crippen LogP contribution in [0.3, 0.4) is 0 Å². The van der Waals surface area contributed by atoms with Gasteiger partial charge in [0, 0.05) is 17.8 Å². The number of aromatic nitrogens is 2. The van der Waals surface area contributed by atoms with Gasteiger partial charge < -0.3 is 10.0 Å². The fraction of sp³-hybridized carbons (Fsp3) is 0.733. The summed E-state index contributed by atoms with van der Waals surface area (Å²) in [6, 6.07) is -0.188. The van der Waals surface area contributed by atoms with E-state index in [0.717, 1.165) is 12.8 Å². The van der Waals surface area contributed by atoms with Gasteiger partial charge in [0.15, 0.2) is 0 Å². The summed E-state index contributed by atoms with van der Waals surface area (Å²) in [5.41, 5.74) is 1.34. The Bertz CT molecular complexity index is 545. The Labute approximate surface area is 128 Å². The molecule has 0 aromatic carbocycles. The Morgan fingerprint density at radius 2 is 2.14 bits per heavy atom. The van der Waals surface area contributed by atoms with E-state index in [0.29, 0.717) is 28.2 Å². The third kappa shape index (κ3) is 3.14. The smallest absolute Gasteiger partial charge is 0.333 e. The molecule has 0 saturated carbocycles. The molecule has 0 radical (unpaired) electrons. The lowest BCUT2D eigenvalue weighted by Crippen LogP contribution is -2.50. The van der Waals surface area contributed by atoms with Crippen LogP contribution in [0.1, 0.15) is 43.3 Å². The van der Waals surface area contributed by atoms with Crippen LogP contribution in [0.25, 0.3) is 0 Å². The molecule has 1 fully saturated rings. The monoisotopic (exact) mass is 315 g/mol. The summed E-state index contributed by atoms with van der Waals surface area (Å²) in [7, 11) is 0. The molecule has 1 aliphatic heterocycles. The van der Waals surface area contributed by atoms with E-state index in [4.69, 9.17) is 0 Å². The number of carbonyl (C=O) groups excluding carboxylic acids is 1. The molecular weight excluding hydrogens is 292 g/mol. The third-order valence-corrected chi connectivity index (χ3v) is 4.61. The first-order valence-corrected chi connectivity index (χ1v) is 7.59. The van der Waals surface area contributed by atoms with Crippen LogP contribution >= 0.6 is 0 Å². The molecule has 1 aromatic rings. The Hall–Kier alpha value is -1.50. The highest BCUT2D eigenvalue weighted by Crippen LogP contribution is 2.25. The summed E-state index contributed by atoms with van der Waals surface area (Å²) >= 11 is 0. The zero-order chi connectivity index (χ0) is 16.4. The van der Waals surface area contributed by atoms with Gasteiger partial charge in [-0.1, -0.05) is 6.92 Å². The van der Waals surface area contributed by atoms with Gasteiger partial charge in [-0.15, -0.1) is 0 Å². The highest BCUT2D eigenvalue weighted by Gasteiger charge is 2.32. The number of likely N-dealkylation sites (tertiary alicyclic amines) is 1. The summed E-state index contributed by atoms with van der Waals surface area (Å²) < 4.78 is 26.4. The fourth-order valence-electron chi connectivity index (χ4n) is 3.23. The van der Waals surface area contributed by atoms with Crippen molar-refractivity contribution in [1.82, 2.24) is 14.7 Å². The van der Waals surface area contributed by atoms with Gasteiger partial charge in [0.05, 0.1) is 24.8 Å². The highest BCUT2D eigenvalue weighted by molar-refractivity contribution is 5.79. The van der Waals surface area contributed by atoms with Gasteiger partial charge in [-0.2, -0.15) is 13.9 Å². The van der Waals surface area contributed by atoms with Gasteiger partial charge in [0.1, 0.15) is 0 Å².